The summed E-state index contributed by atoms with van der Waals surface area (Å²) in [4.78, 5) is 14.5. The fourth-order valence-electron chi connectivity index (χ4n) is 4.88. The molecule has 0 aromatic carbocycles. The van der Waals surface area contributed by atoms with Gasteiger partial charge in [0.05, 0.1) is 22.8 Å². The fraction of sp³-hybridized carbons (Fsp3) is 0.478. The summed E-state index contributed by atoms with van der Waals surface area (Å²) in [5.41, 5.74) is 2.98. The number of nitrogens with zero attached hydrogens (tertiary/aromatic N) is 5. The normalized spacial score (nSPS) is 22.7. The smallest absolute Gasteiger partial charge is 0.140 e. The minimum Gasteiger partial charge on any atom is -0.373 e. The maximum atomic E-state index is 6.45. The number of piperidine rings is 1. The molecule has 31 heavy (non-hydrogen) atoms. The van der Waals surface area contributed by atoms with Crippen LogP contribution in [0, 0.1) is 0 Å². The SMILES string of the molecule is CNc1c([C@H]2CCC[C@@H](c3ncccc3Cl)N2)nc2cccc(N3CCN(C)CC3)n12. The predicted octanol–water partition coefficient (Wildman–Crippen LogP) is 3.73. The van der Waals surface area contributed by atoms with E-state index >= 15 is 0 Å². The van der Waals surface area contributed by atoms with E-state index < -0.39 is 0 Å². The van der Waals surface area contributed by atoms with Gasteiger partial charge in [-0.05, 0) is 50.6 Å². The number of likely N-dealkylation sites (N-methyl/N-ethyl adjacent to an activating group) is 1. The summed E-state index contributed by atoms with van der Waals surface area (Å²) in [6.07, 6.45) is 5.00. The van der Waals surface area contributed by atoms with Crippen molar-refractivity contribution < 1.29 is 0 Å². The van der Waals surface area contributed by atoms with Crippen LogP contribution in [0.15, 0.2) is 36.5 Å². The molecule has 7 nitrogen and oxygen atoms in total. The highest BCUT2D eigenvalue weighted by atomic mass is 35.5. The van der Waals surface area contributed by atoms with Crippen LogP contribution >= 0.6 is 11.6 Å². The zero-order chi connectivity index (χ0) is 21.4. The summed E-state index contributed by atoms with van der Waals surface area (Å²) >= 11 is 6.45. The lowest BCUT2D eigenvalue weighted by molar-refractivity contribution is 0.312. The van der Waals surface area contributed by atoms with Crippen LogP contribution in [0.25, 0.3) is 5.65 Å². The van der Waals surface area contributed by atoms with Crippen molar-refractivity contribution >= 4 is 28.9 Å². The first kappa shape index (κ1) is 20.5. The molecule has 0 unspecified atom stereocenters. The number of hydrogen-bond donors (Lipinski definition) is 2. The Morgan fingerprint density at radius 3 is 2.55 bits per heavy atom. The zero-order valence-corrected chi connectivity index (χ0v) is 18.9. The van der Waals surface area contributed by atoms with Crippen LogP contribution in [0.1, 0.15) is 42.7 Å². The third-order valence-electron chi connectivity index (χ3n) is 6.55. The van der Waals surface area contributed by atoms with Crippen molar-refractivity contribution in [2.45, 2.75) is 31.3 Å². The zero-order valence-electron chi connectivity index (χ0n) is 18.2. The van der Waals surface area contributed by atoms with Crippen molar-refractivity contribution in [3.05, 3.63) is 52.9 Å². The van der Waals surface area contributed by atoms with E-state index in [-0.39, 0.29) is 12.1 Å². The number of aromatic nitrogens is 3. The number of hydrogen-bond acceptors (Lipinski definition) is 6. The molecule has 2 saturated heterocycles. The van der Waals surface area contributed by atoms with Crippen molar-refractivity contribution in [1.82, 2.24) is 24.6 Å². The number of piperazine rings is 1. The van der Waals surface area contributed by atoms with Crippen molar-refractivity contribution in [1.29, 1.82) is 0 Å². The van der Waals surface area contributed by atoms with E-state index in [1.807, 2.05) is 25.4 Å². The molecule has 5 rings (SSSR count). The number of imidazole rings is 1. The summed E-state index contributed by atoms with van der Waals surface area (Å²) < 4.78 is 2.28. The van der Waals surface area contributed by atoms with Gasteiger partial charge in [-0.2, -0.15) is 0 Å². The maximum Gasteiger partial charge on any atom is 0.140 e. The monoisotopic (exact) mass is 439 g/mol. The number of rotatable bonds is 4. The molecule has 3 aromatic rings. The highest BCUT2D eigenvalue weighted by Gasteiger charge is 2.30. The topological polar surface area (TPSA) is 60.7 Å². The second-order valence-corrected chi connectivity index (χ2v) is 8.94. The third kappa shape index (κ3) is 3.86. The molecule has 8 heteroatoms. The molecule has 2 aliphatic heterocycles. The van der Waals surface area contributed by atoms with E-state index in [1.165, 1.54) is 5.82 Å². The lowest BCUT2D eigenvalue weighted by atomic mass is 9.94. The van der Waals surface area contributed by atoms with Crippen LogP contribution in [0.5, 0.6) is 0 Å². The Bertz CT molecular complexity index is 1060. The number of anilines is 2. The van der Waals surface area contributed by atoms with Crippen molar-refractivity contribution in [3.8, 4) is 0 Å². The molecule has 0 radical (unpaired) electrons. The van der Waals surface area contributed by atoms with Gasteiger partial charge in [0.2, 0.25) is 0 Å². The van der Waals surface area contributed by atoms with Crippen LogP contribution in [0.4, 0.5) is 11.6 Å². The second-order valence-electron chi connectivity index (χ2n) is 8.54. The number of halogens is 1. The molecule has 3 aromatic heterocycles. The molecule has 0 aliphatic carbocycles. The van der Waals surface area contributed by atoms with E-state index in [0.717, 1.165) is 73.3 Å². The average Bonchev–Trinajstić information content (AvgIpc) is 3.19. The third-order valence-corrected chi connectivity index (χ3v) is 6.87. The quantitative estimate of drug-likeness (QED) is 0.645. The van der Waals surface area contributed by atoms with Gasteiger partial charge < -0.3 is 20.4 Å². The number of pyridine rings is 2. The van der Waals surface area contributed by atoms with Crippen LogP contribution in [-0.2, 0) is 0 Å². The Balaban J connectivity index is 1.50. The van der Waals surface area contributed by atoms with Gasteiger partial charge in [0.15, 0.2) is 0 Å². The second kappa shape index (κ2) is 8.65. The van der Waals surface area contributed by atoms with Crippen molar-refractivity contribution in [3.63, 3.8) is 0 Å². The molecular formula is C23H30ClN7. The molecule has 0 bridgehead atoms. The molecular weight excluding hydrogens is 410 g/mol. The van der Waals surface area contributed by atoms with Gasteiger partial charge in [0.1, 0.15) is 23.0 Å². The highest BCUT2D eigenvalue weighted by Crippen LogP contribution is 2.37. The maximum absolute atomic E-state index is 6.45. The van der Waals surface area contributed by atoms with Gasteiger partial charge in [-0.3, -0.25) is 9.38 Å². The molecule has 2 N–H and O–H groups in total. The van der Waals surface area contributed by atoms with E-state index in [1.54, 1.807) is 0 Å². The highest BCUT2D eigenvalue weighted by molar-refractivity contribution is 6.31. The molecule has 0 spiro atoms. The standard InChI is InChI=1S/C23H30ClN7/c1-25-23-22(18-8-3-7-17(27-18)21-16(24)6-5-11-26-21)28-19-9-4-10-20(31(19)23)30-14-12-29(2)13-15-30/h4-6,9-11,17-18,25,27H,3,7-8,12-15H2,1-2H3/t17-,18+/m0/s1. The van der Waals surface area contributed by atoms with Gasteiger partial charge in [-0.1, -0.05) is 17.7 Å². The Morgan fingerprint density at radius 1 is 1.03 bits per heavy atom. The van der Waals surface area contributed by atoms with Crippen LogP contribution < -0.4 is 15.5 Å². The van der Waals surface area contributed by atoms with E-state index in [0.29, 0.717) is 0 Å². The summed E-state index contributed by atoms with van der Waals surface area (Å²) in [5.74, 6) is 2.27. The Kier molecular flexibility index (Phi) is 5.73. The van der Waals surface area contributed by atoms with Crippen molar-refractivity contribution in [2.24, 2.45) is 0 Å². The van der Waals surface area contributed by atoms with Gasteiger partial charge >= 0.3 is 0 Å². The largest absolute Gasteiger partial charge is 0.373 e. The molecule has 2 atom stereocenters. The van der Waals surface area contributed by atoms with E-state index in [2.05, 4.69) is 55.1 Å². The van der Waals surface area contributed by atoms with Gasteiger partial charge in [0, 0.05) is 39.4 Å². The molecule has 0 amide bonds. The lowest BCUT2D eigenvalue weighted by Gasteiger charge is -2.34. The minimum atomic E-state index is 0.138. The number of fused-ring (bicyclic) bond motifs is 1. The first-order chi connectivity index (χ1) is 15.2. The predicted molar refractivity (Wildman–Crippen MR) is 126 cm³/mol. The molecule has 5 heterocycles. The number of nitrogens with one attached hydrogen (secondary N) is 2. The first-order valence-corrected chi connectivity index (χ1v) is 11.5. The summed E-state index contributed by atoms with van der Waals surface area (Å²) in [6.45, 7) is 4.19. The van der Waals surface area contributed by atoms with E-state index in [4.69, 9.17) is 16.6 Å². The Labute approximate surface area is 188 Å². The van der Waals surface area contributed by atoms with Crippen LogP contribution in [-0.4, -0.2) is 59.5 Å². The molecule has 0 saturated carbocycles. The van der Waals surface area contributed by atoms with E-state index in [9.17, 15) is 0 Å². The minimum absolute atomic E-state index is 0.138. The Morgan fingerprint density at radius 2 is 1.81 bits per heavy atom. The first-order valence-electron chi connectivity index (χ1n) is 11.1. The molecule has 2 fully saturated rings. The van der Waals surface area contributed by atoms with Crippen LogP contribution in [0.2, 0.25) is 5.02 Å². The average molecular weight is 440 g/mol. The van der Waals surface area contributed by atoms with Gasteiger partial charge in [-0.15, -0.1) is 0 Å². The van der Waals surface area contributed by atoms with Crippen LogP contribution in [0.3, 0.4) is 0 Å². The molecule has 2 aliphatic rings. The lowest BCUT2D eigenvalue weighted by Crippen LogP contribution is -2.45. The summed E-state index contributed by atoms with van der Waals surface area (Å²) in [7, 11) is 4.18. The van der Waals surface area contributed by atoms with Gasteiger partial charge in [-0.25, -0.2) is 4.98 Å². The fourth-order valence-corrected chi connectivity index (χ4v) is 5.13. The Hall–Kier alpha value is -2.35. The summed E-state index contributed by atoms with van der Waals surface area (Å²) in [6, 6.07) is 10.5. The summed E-state index contributed by atoms with van der Waals surface area (Å²) in [5, 5.41) is 7.96. The van der Waals surface area contributed by atoms with Gasteiger partial charge in [0.25, 0.3) is 0 Å². The molecule has 164 valence electrons. The van der Waals surface area contributed by atoms with Crippen molar-refractivity contribution in [2.75, 3.05) is 50.5 Å².